The van der Waals surface area contributed by atoms with Gasteiger partial charge in [-0.3, -0.25) is 4.99 Å². The summed E-state index contributed by atoms with van der Waals surface area (Å²) in [5.74, 6) is 1.13. The van der Waals surface area contributed by atoms with Gasteiger partial charge < -0.3 is 15.4 Å². The number of hydrogen-bond acceptors (Lipinski definition) is 4. The van der Waals surface area contributed by atoms with Crippen molar-refractivity contribution in [3.63, 3.8) is 0 Å². The Morgan fingerprint density at radius 2 is 2.23 bits per heavy atom. The van der Waals surface area contributed by atoms with Gasteiger partial charge in [0.2, 0.25) is 0 Å². The summed E-state index contributed by atoms with van der Waals surface area (Å²) >= 11 is 1.00. The third-order valence-electron chi connectivity index (χ3n) is 5.80. The monoisotopic (exact) mass is 502 g/mol. The highest BCUT2D eigenvalue weighted by molar-refractivity contribution is 14.0. The van der Waals surface area contributed by atoms with Crippen LogP contribution in [0.2, 0.25) is 0 Å². The largest absolute Gasteiger partial charge is 0.434 e. The fraction of sp³-hybridized carbons (Fsp3) is 0.750. The fourth-order valence-corrected chi connectivity index (χ4v) is 5.22. The highest BCUT2D eigenvalue weighted by Crippen LogP contribution is 2.62. The second kappa shape index (κ2) is 7.42. The van der Waals surface area contributed by atoms with Crippen LogP contribution in [0.15, 0.2) is 10.4 Å². The molecular formula is C16H22F3IN4OS. The summed E-state index contributed by atoms with van der Waals surface area (Å²) in [7, 11) is 1.67. The number of hydrogen-bond donors (Lipinski definition) is 2. The van der Waals surface area contributed by atoms with Gasteiger partial charge >= 0.3 is 6.18 Å². The van der Waals surface area contributed by atoms with E-state index < -0.39 is 11.9 Å². The first-order valence-corrected chi connectivity index (χ1v) is 9.42. The zero-order chi connectivity index (χ0) is 17.7. The fourth-order valence-electron chi connectivity index (χ4n) is 4.48. The summed E-state index contributed by atoms with van der Waals surface area (Å²) in [6.45, 7) is 1.05. The minimum atomic E-state index is -4.39. The van der Waals surface area contributed by atoms with Gasteiger partial charge in [0.1, 0.15) is 5.01 Å². The minimum Gasteiger partial charge on any atom is -0.377 e. The minimum absolute atomic E-state index is 0. The van der Waals surface area contributed by atoms with Gasteiger partial charge in [-0.25, -0.2) is 4.98 Å². The molecule has 3 unspecified atom stereocenters. The van der Waals surface area contributed by atoms with Crippen molar-refractivity contribution in [2.45, 2.75) is 50.6 Å². The van der Waals surface area contributed by atoms with Crippen LogP contribution in [0, 0.1) is 11.3 Å². The van der Waals surface area contributed by atoms with Crippen LogP contribution in [0.25, 0.3) is 0 Å². The maximum absolute atomic E-state index is 12.6. The van der Waals surface area contributed by atoms with Crippen molar-refractivity contribution >= 4 is 41.3 Å². The Morgan fingerprint density at radius 3 is 2.81 bits per heavy atom. The molecule has 1 saturated heterocycles. The number of aromatic nitrogens is 1. The lowest BCUT2D eigenvalue weighted by Gasteiger charge is -2.63. The number of fused-ring (bicyclic) bond motifs is 2. The molecule has 0 radical (unpaired) electrons. The first-order valence-electron chi connectivity index (χ1n) is 8.54. The van der Waals surface area contributed by atoms with Crippen LogP contribution in [0.1, 0.15) is 36.4 Å². The summed E-state index contributed by atoms with van der Waals surface area (Å²) in [4.78, 5) is 7.87. The molecule has 5 nitrogen and oxygen atoms in total. The summed E-state index contributed by atoms with van der Waals surface area (Å²) in [5.41, 5.74) is -0.612. The number of nitrogens with zero attached hydrogens (tertiary/aromatic N) is 2. The van der Waals surface area contributed by atoms with E-state index in [1.165, 1.54) is 19.3 Å². The molecule has 3 aliphatic rings. The molecule has 1 aromatic heterocycles. The summed E-state index contributed by atoms with van der Waals surface area (Å²) in [6, 6.07) is 0.335. The van der Waals surface area contributed by atoms with Gasteiger partial charge in [-0.15, -0.1) is 35.3 Å². The van der Waals surface area contributed by atoms with Crippen LogP contribution in [-0.4, -0.2) is 36.7 Å². The Morgan fingerprint density at radius 1 is 1.46 bits per heavy atom. The maximum Gasteiger partial charge on any atom is 0.434 e. The smallest absolute Gasteiger partial charge is 0.377 e. The molecule has 146 valence electrons. The van der Waals surface area contributed by atoms with E-state index in [2.05, 4.69) is 20.6 Å². The molecule has 10 heteroatoms. The van der Waals surface area contributed by atoms with Crippen LogP contribution < -0.4 is 10.6 Å². The molecule has 0 bridgehead atoms. The topological polar surface area (TPSA) is 58.5 Å². The maximum atomic E-state index is 12.6. The predicted molar refractivity (Wildman–Crippen MR) is 104 cm³/mol. The predicted octanol–water partition coefficient (Wildman–Crippen LogP) is 3.40. The molecule has 2 saturated carbocycles. The first kappa shape index (κ1) is 20.1. The lowest BCUT2D eigenvalue weighted by molar-refractivity contribution is -0.171. The molecule has 3 fully saturated rings. The average Bonchev–Trinajstić information content (AvgIpc) is 3.13. The highest BCUT2D eigenvalue weighted by Gasteiger charge is 2.66. The SMILES string of the molecule is CN=C(NCc1nc(C(F)(F)F)cs1)NC1C2CCOC2C12CCC2.I. The molecule has 1 aromatic rings. The van der Waals surface area contributed by atoms with Gasteiger partial charge in [-0.2, -0.15) is 13.2 Å². The van der Waals surface area contributed by atoms with E-state index in [1.54, 1.807) is 7.05 Å². The van der Waals surface area contributed by atoms with Crippen LogP contribution in [-0.2, 0) is 17.5 Å². The number of halogens is 4. The van der Waals surface area contributed by atoms with Crippen molar-refractivity contribution in [1.29, 1.82) is 0 Å². The van der Waals surface area contributed by atoms with E-state index in [9.17, 15) is 13.2 Å². The summed E-state index contributed by atoms with van der Waals surface area (Å²) < 4.78 is 43.8. The average molecular weight is 502 g/mol. The number of rotatable bonds is 3. The van der Waals surface area contributed by atoms with Gasteiger partial charge in [0.25, 0.3) is 0 Å². The Balaban J connectivity index is 0.00000196. The van der Waals surface area contributed by atoms with Crippen molar-refractivity contribution < 1.29 is 17.9 Å². The third-order valence-corrected chi connectivity index (χ3v) is 6.65. The Kier molecular flexibility index (Phi) is 5.74. The van der Waals surface area contributed by atoms with Crippen LogP contribution in [0.3, 0.4) is 0 Å². The zero-order valence-corrected chi connectivity index (χ0v) is 17.5. The van der Waals surface area contributed by atoms with E-state index >= 15 is 0 Å². The molecule has 1 spiro atoms. The number of nitrogens with one attached hydrogen (secondary N) is 2. The molecule has 2 aliphatic carbocycles. The molecule has 1 aliphatic heterocycles. The van der Waals surface area contributed by atoms with Crippen LogP contribution in [0.4, 0.5) is 13.2 Å². The van der Waals surface area contributed by atoms with E-state index in [1.807, 2.05) is 0 Å². The second-order valence-corrected chi connectivity index (χ2v) is 7.95. The number of thiazole rings is 1. The van der Waals surface area contributed by atoms with Gasteiger partial charge in [0, 0.05) is 36.4 Å². The first-order chi connectivity index (χ1) is 11.9. The van der Waals surface area contributed by atoms with E-state index in [-0.39, 0.29) is 35.9 Å². The van der Waals surface area contributed by atoms with Gasteiger partial charge in [0.15, 0.2) is 11.7 Å². The standard InChI is InChI=1S/C16H21F3N4OS.HI/c1-20-14(21-7-11-22-10(8-25-11)16(17,18)19)23-12-9-3-6-24-13(9)15(12)4-2-5-15;/h8-9,12-13H,2-7H2,1H3,(H2,20,21,23);1H. The molecule has 0 amide bonds. The van der Waals surface area contributed by atoms with Gasteiger partial charge in [-0.1, -0.05) is 6.42 Å². The lowest BCUT2D eigenvalue weighted by Crippen LogP contribution is -2.72. The van der Waals surface area contributed by atoms with E-state index in [0.717, 1.165) is 29.7 Å². The van der Waals surface area contributed by atoms with Gasteiger partial charge in [0.05, 0.1) is 12.6 Å². The number of aliphatic imine (C=N–C) groups is 1. The molecule has 2 heterocycles. The molecular weight excluding hydrogens is 480 g/mol. The molecule has 26 heavy (non-hydrogen) atoms. The van der Waals surface area contributed by atoms with E-state index in [0.29, 0.717) is 29.0 Å². The normalized spacial score (nSPS) is 29.4. The number of ether oxygens (including phenoxy) is 1. The Hall–Kier alpha value is -0.620. The quantitative estimate of drug-likeness (QED) is 0.378. The van der Waals surface area contributed by atoms with Crippen molar-refractivity contribution in [3.05, 3.63) is 16.1 Å². The lowest BCUT2D eigenvalue weighted by atomic mass is 9.46. The summed E-state index contributed by atoms with van der Waals surface area (Å²) in [5, 5.41) is 8.02. The zero-order valence-electron chi connectivity index (χ0n) is 14.3. The molecule has 2 N–H and O–H groups in total. The highest BCUT2D eigenvalue weighted by atomic mass is 127. The molecule has 3 atom stereocenters. The van der Waals surface area contributed by atoms with Crippen molar-refractivity contribution in [2.24, 2.45) is 16.3 Å². The van der Waals surface area contributed by atoms with Gasteiger partial charge in [-0.05, 0) is 19.3 Å². The summed E-state index contributed by atoms with van der Waals surface area (Å²) in [6.07, 6.45) is 0.604. The van der Waals surface area contributed by atoms with Crippen molar-refractivity contribution in [3.8, 4) is 0 Å². The Labute approximate surface area is 171 Å². The van der Waals surface area contributed by atoms with Crippen LogP contribution in [0.5, 0.6) is 0 Å². The van der Waals surface area contributed by atoms with E-state index in [4.69, 9.17) is 4.74 Å². The van der Waals surface area contributed by atoms with Crippen molar-refractivity contribution in [1.82, 2.24) is 15.6 Å². The van der Waals surface area contributed by atoms with Crippen LogP contribution >= 0.6 is 35.3 Å². The molecule has 0 aromatic carbocycles. The number of alkyl halides is 3. The molecule has 4 rings (SSSR count). The number of guanidine groups is 1. The second-order valence-electron chi connectivity index (χ2n) is 7.00. The van der Waals surface area contributed by atoms with Crippen molar-refractivity contribution in [2.75, 3.05) is 13.7 Å². The Bertz CT molecular complexity index is 677. The third kappa shape index (κ3) is 3.32.